The number of benzene rings is 1. The highest BCUT2D eigenvalue weighted by Crippen LogP contribution is 2.20. The van der Waals surface area contributed by atoms with Gasteiger partial charge in [-0.3, -0.25) is 0 Å². The van der Waals surface area contributed by atoms with Crippen LogP contribution in [0.4, 0.5) is 0 Å². The molecule has 0 amide bonds. The predicted molar refractivity (Wildman–Crippen MR) is 76.6 cm³/mol. The molecule has 1 aromatic carbocycles. The summed E-state index contributed by atoms with van der Waals surface area (Å²) >= 11 is 5.85. The summed E-state index contributed by atoms with van der Waals surface area (Å²) in [5.74, 6) is 0. The van der Waals surface area contributed by atoms with Crippen LogP contribution in [0.1, 0.15) is 25.8 Å². The maximum absolute atomic E-state index is 10.0. The van der Waals surface area contributed by atoms with Crippen LogP contribution in [0.15, 0.2) is 29.4 Å². The van der Waals surface area contributed by atoms with E-state index in [-0.39, 0.29) is 6.10 Å². The monoisotopic (exact) mass is 282 g/mol. The highest BCUT2D eigenvalue weighted by Gasteiger charge is 2.28. The Hall–Kier alpha value is -1.10. The molecule has 1 aliphatic rings. The van der Waals surface area contributed by atoms with E-state index in [1.807, 2.05) is 38.1 Å². The predicted octanol–water partition coefficient (Wildman–Crippen LogP) is 2.19. The number of nitrogens with one attached hydrogen (secondary N) is 1. The molecule has 0 aliphatic carbocycles. The van der Waals surface area contributed by atoms with Crippen LogP contribution in [0.3, 0.4) is 0 Å². The first-order valence-electron chi connectivity index (χ1n) is 6.46. The molecule has 2 N–H and O–H groups in total. The molecule has 1 aliphatic heterocycles. The lowest BCUT2D eigenvalue weighted by molar-refractivity contribution is -0.0166. The third kappa shape index (κ3) is 3.93. The molecule has 0 aromatic heterocycles. The van der Waals surface area contributed by atoms with Crippen LogP contribution >= 0.6 is 11.6 Å². The molecule has 0 spiro atoms. The Balaban J connectivity index is 1.90. The first kappa shape index (κ1) is 14.3. The number of rotatable bonds is 5. The summed E-state index contributed by atoms with van der Waals surface area (Å²) in [5.41, 5.74) is 1.83. The normalized spacial score (nSPS) is 20.3. The fraction of sp³-hybridized carbons (Fsp3) is 0.500. The van der Waals surface area contributed by atoms with Crippen molar-refractivity contribution in [2.45, 2.75) is 38.5 Å². The van der Waals surface area contributed by atoms with Gasteiger partial charge in [-0.1, -0.05) is 42.7 Å². The highest BCUT2D eigenvalue weighted by molar-refractivity contribution is 6.30. The van der Waals surface area contributed by atoms with Gasteiger partial charge >= 0.3 is 0 Å². The minimum Gasteiger partial charge on any atom is -0.389 e. The quantitative estimate of drug-likeness (QED) is 0.870. The van der Waals surface area contributed by atoms with E-state index >= 15 is 0 Å². The van der Waals surface area contributed by atoms with E-state index in [0.717, 1.165) is 11.3 Å². The van der Waals surface area contributed by atoms with E-state index in [9.17, 15) is 5.11 Å². The van der Waals surface area contributed by atoms with Gasteiger partial charge in [-0.25, -0.2) is 0 Å². The van der Waals surface area contributed by atoms with Crippen molar-refractivity contribution >= 4 is 17.3 Å². The second-order valence-corrected chi connectivity index (χ2v) is 5.46. The molecule has 4 nitrogen and oxygen atoms in total. The molecular weight excluding hydrogens is 264 g/mol. The Morgan fingerprint density at radius 3 is 2.74 bits per heavy atom. The van der Waals surface area contributed by atoms with Gasteiger partial charge in [0.2, 0.25) is 0 Å². The van der Waals surface area contributed by atoms with Crippen molar-refractivity contribution in [2.75, 3.05) is 6.54 Å². The van der Waals surface area contributed by atoms with Crippen molar-refractivity contribution in [2.24, 2.45) is 5.16 Å². The van der Waals surface area contributed by atoms with Crippen LogP contribution in [0.2, 0.25) is 5.02 Å². The third-order valence-corrected chi connectivity index (χ3v) is 3.29. The lowest BCUT2D eigenvalue weighted by Gasteiger charge is -2.18. The van der Waals surface area contributed by atoms with E-state index in [0.29, 0.717) is 24.0 Å². The second kappa shape index (κ2) is 6.37. The number of hydrogen-bond donors (Lipinski definition) is 2. The van der Waals surface area contributed by atoms with Crippen LogP contribution in [0.5, 0.6) is 0 Å². The Kier molecular flexibility index (Phi) is 4.80. The summed E-state index contributed by atoms with van der Waals surface area (Å²) in [7, 11) is 0. The van der Waals surface area contributed by atoms with E-state index in [4.69, 9.17) is 16.4 Å². The van der Waals surface area contributed by atoms with Crippen LogP contribution in [0, 0.1) is 0 Å². The minimum absolute atomic E-state index is 0.281. The molecule has 0 saturated carbocycles. The molecule has 0 saturated heterocycles. The van der Waals surface area contributed by atoms with Crippen molar-refractivity contribution in [1.82, 2.24) is 5.32 Å². The maximum Gasteiger partial charge on any atom is 0.160 e. The van der Waals surface area contributed by atoms with Crippen molar-refractivity contribution in [3.63, 3.8) is 0 Å². The molecule has 104 valence electrons. The van der Waals surface area contributed by atoms with Crippen molar-refractivity contribution < 1.29 is 9.94 Å². The summed E-state index contributed by atoms with van der Waals surface area (Å²) in [6, 6.07) is 7.80. The number of oxime groups is 1. The number of aliphatic hydroxyl groups excluding tert-OH is 1. The number of halogens is 1. The molecule has 2 atom stereocenters. The Bertz CT molecular complexity index is 445. The van der Waals surface area contributed by atoms with Crippen molar-refractivity contribution in [3.05, 3.63) is 34.9 Å². The fourth-order valence-corrected chi connectivity index (χ4v) is 2.03. The molecule has 0 fully saturated rings. The largest absolute Gasteiger partial charge is 0.389 e. The van der Waals surface area contributed by atoms with E-state index in [2.05, 4.69) is 10.5 Å². The topological polar surface area (TPSA) is 53.8 Å². The average molecular weight is 283 g/mol. The zero-order valence-corrected chi connectivity index (χ0v) is 11.9. The summed E-state index contributed by atoms with van der Waals surface area (Å²) in [6.07, 6.45) is -0.226. The standard InChI is InChI=1S/C14H19ClN2O2/c1-9(2)16-8-13(18)14-7-12(17-19-14)10-3-5-11(15)6-4-10/h3-6,9,13-14,16,18H,7-8H2,1-2H3/t13-,14+/m0/s1. The summed E-state index contributed by atoms with van der Waals surface area (Å²) < 4.78 is 0. The second-order valence-electron chi connectivity index (χ2n) is 5.02. The van der Waals surface area contributed by atoms with Gasteiger partial charge in [0.25, 0.3) is 0 Å². The smallest absolute Gasteiger partial charge is 0.160 e. The molecule has 1 heterocycles. The Morgan fingerprint density at radius 2 is 2.11 bits per heavy atom. The van der Waals surface area contributed by atoms with Gasteiger partial charge in [0, 0.05) is 24.0 Å². The zero-order chi connectivity index (χ0) is 13.8. The van der Waals surface area contributed by atoms with E-state index in [1.54, 1.807) is 0 Å². The summed E-state index contributed by atoms with van der Waals surface area (Å²) in [4.78, 5) is 5.31. The highest BCUT2D eigenvalue weighted by atomic mass is 35.5. The van der Waals surface area contributed by atoms with Crippen molar-refractivity contribution in [3.8, 4) is 0 Å². The maximum atomic E-state index is 10.0. The SMILES string of the molecule is CC(C)NC[C@H](O)[C@H]1CC(c2ccc(Cl)cc2)=NO1. The lowest BCUT2D eigenvalue weighted by Crippen LogP contribution is -2.39. The molecule has 2 rings (SSSR count). The van der Waals surface area contributed by atoms with Gasteiger partial charge < -0.3 is 15.3 Å². The van der Waals surface area contributed by atoms with Crippen molar-refractivity contribution in [1.29, 1.82) is 0 Å². The first-order valence-corrected chi connectivity index (χ1v) is 6.84. The van der Waals surface area contributed by atoms with E-state index < -0.39 is 6.10 Å². The number of aliphatic hydroxyl groups is 1. The molecule has 0 bridgehead atoms. The lowest BCUT2D eigenvalue weighted by atomic mass is 10.0. The first-order chi connectivity index (χ1) is 9.06. The van der Waals surface area contributed by atoms with Gasteiger partial charge in [0.15, 0.2) is 6.10 Å². The summed E-state index contributed by atoms with van der Waals surface area (Å²) in [6.45, 7) is 4.58. The van der Waals surface area contributed by atoms with E-state index in [1.165, 1.54) is 0 Å². The molecule has 0 unspecified atom stereocenters. The average Bonchev–Trinajstić information content (AvgIpc) is 2.86. The van der Waals surface area contributed by atoms with Crippen LogP contribution in [-0.2, 0) is 4.84 Å². The molecule has 5 heteroatoms. The van der Waals surface area contributed by atoms with Gasteiger partial charge in [-0.2, -0.15) is 0 Å². The number of nitrogens with zero attached hydrogens (tertiary/aromatic N) is 1. The van der Waals surface area contributed by atoms with Crippen LogP contribution < -0.4 is 5.32 Å². The fourth-order valence-electron chi connectivity index (χ4n) is 1.90. The molecule has 19 heavy (non-hydrogen) atoms. The summed E-state index contributed by atoms with van der Waals surface area (Å²) in [5, 5.41) is 18.0. The Labute approximate surface area is 118 Å². The van der Waals surface area contributed by atoms with Crippen LogP contribution in [-0.4, -0.2) is 35.6 Å². The van der Waals surface area contributed by atoms with Gasteiger partial charge in [-0.05, 0) is 17.7 Å². The van der Waals surface area contributed by atoms with Crippen LogP contribution in [0.25, 0.3) is 0 Å². The third-order valence-electron chi connectivity index (χ3n) is 3.03. The molecule has 0 radical (unpaired) electrons. The van der Waals surface area contributed by atoms with Gasteiger partial charge in [-0.15, -0.1) is 0 Å². The number of hydrogen-bond acceptors (Lipinski definition) is 4. The molecular formula is C14H19ClN2O2. The molecule has 1 aromatic rings. The Morgan fingerprint density at radius 1 is 1.42 bits per heavy atom. The van der Waals surface area contributed by atoms with Gasteiger partial charge in [0.05, 0.1) is 5.71 Å². The zero-order valence-electron chi connectivity index (χ0n) is 11.1. The van der Waals surface area contributed by atoms with Gasteiger partial charge in [0.1, 0.15) is 6.10 Å². The minimum atomic E-state index is -0.559.